The van der Waals surface area contributed by atoms with E-state index in [1.54, 1.807) is 23.5 Å². The summed E-state index contributed by atoms with van der Waals surface area (Å²) in [4.78, 5) is 0. The van der Waals surface area contributed by atoms with Gasteiger partial charge in [0.15, 0.2) is 5.84 Å². The zero-order valence-corrected chi connectivity index (χ0v) is 12.4. The highest BCUT2D eigenvalue weighted by Crippen LogP contribution is 2.23. The predicted octanol–water partition coefficient (Wildman–Crippen LogP) is 3.23. The predicted molar refractivity (Wildman–Crippen MR) is 80.2 cm³/mol. The fraction of sp³-hybridized carbons (Fsp3) is 0.154. The average molecular weight is 341 g/mol. The largest absolute Gasteiger partial charge is 0.492 e. The molecule has 100 valence electrons. The van der Waals surface area contributed by atoms with Crippen LogP contribution in [-0.2, 0) is 6.42 Å². The van der Waals surface area contributed by atoms with Crippen molar-refractivity contribution in [1.29, 1.82) is 0 Å². The van der Waals surface area contributed by atoms with Gasteiger partial charge in [-0.25, -0.2) is 0 Å². The Kier molecular flexibility index (Phi) is 4.81. The van der Waals surface area contributed by atoms with Crippen molar-refractivity contribution in [3.8, 4) is 5.75 Å². The molecule has 0 amide bonds. The molecule has 0 saturated heterocycles. The van der Waals surface area contributed by atoms with E-state index in [4.69, 9.17) is 15.7 Å². The highest BCUT2D eigenvalue weighted by molar-refractivity contribution is 9.10. The minimum absolute atomic E-state index is 0.0341. The van der Waals surface area contributed by atoms with Gasteiger partial charge in [0.25, 0.3) is 0 Å². The number of halogens is 1. The first kappa shape index (κ1) is 13.9. The molecule has 0 saturated carbocycles. The molecule has 0 atom stereocenters. The molecule has 0 fully saturated rings. The molecular weight excluding hydrogens is 328 g/mol. The van der Waals surface area contributed by atoms with Crippen molar-refractivity contribution in [3.05, 3.63) is 50.6 Å². The third-order valence-corrected chi connectivity index (χ3v) is 3.78. The maximum atomic E-state index is 8.77. The van der Waals surface area contributed by atoms with Crippen molar-refractivity contribution in [3.63, 3.8) is 0 Å². The van der Waals surface area contributed by atoms with Gasteiger partial charge in [0.2, 0.25) is 0 Å². The van der Waals surface area contributed by atoms with Gasteiger partial charge in [0.05, 0.1) is 12.2 Å². The Bertz CT molecular complexity index is 570. The summed E-state index contributed by atoms with van der Waals surface area (Å²) < 4.78 is 6.55. The van der Waals surface area contributed by atoms with E-state index in [0.717, 1.165) is 10.9 Å². The van der Waals surface area contributed by atoms with Gasteiger partial charge in [-0.2, -0.15) is 11.3 Å². The Labute approximate surface area is 123 Å². The van der Waals surface area contributed by atoms with Crippen LogP contribution in [0.4, 0.5) is 0 Å². The van der Waals surface area contributed by atoms with Crippen molar-refractivity contribution in [2.45, 2.75) is 6.42 Å². The van der Waals surface area contributed by atoms with Gasteiger partial charge in [-0.15, -0.1) is 0 Å². The molecule has 0 aliphatic rings. The fourth-order valence-corrected chi connectivity index (χ4v) is 2.66. The van der Waals surface area contributed by atoms with Crippen LogP contribution in [0.1, 0.15) is 11.1 Å². The zero-order valence-electron chi connectivity index (χ0n) is 10.0. The van der Waals surface area contributed by atoms with Crippen LogP contribution in [0.2, 0.25) is 0 Å². The van der Waals surface area contributed by atoms with Crippen molar-refractivity contribution >= 4 is 33.1 Å². The Morgan fingerprint density at radius 2 is 2.26 bits per heavy atom. The van der Waals surface area contributed by atoms with Crippen LogP contribution in [0.3, 0.4) is 0 Å². The van der Waals surface area contributed by atoms with E-state index >= 15 is 0 Å². The fourth-order valence-electron chi connectivity index (χ4n) is 1.60. The minimum Gasteiger partial charge on any atom is -0.492 e. The molecule has 0 aliphatic heterocycles. The van der Waals surface area contributed by atoms with Gasteiger partial charge in [-0.1, -0.05) is 21.1 Å². The van der Waals surface area contributed by atoms with Gasteiger partial charge in [0.1, 0.15) is 5.75 Å². The molecule has 1 aromatic carbocycles. The molecule has 3 N–H and O–H groups in total. The molecule has 1 heterocycles. The summed E-state index contributed by atoms with van der Waals surface area (Å²) in [6.45, 7) is 0.546. The molecular formula is C13H13BrN2O2S. The van der Waals surface area contributed by atoms with E-state index in [9.17, 15) is 0 Å². The van der Waals surface area contributed by atoms with E-state index < -0.39 is 0 Å². The highest BCUT2D eigenvalue weighted by atomic mass is 79.9. The summed E-state index contributed by atoms with van der Waals surface area (Å²) in [7, 11) is 0. The maximum Gasteiger partial charge on any atom is 0.173 e. The Morgan fingerprint density at radius 3 is 2.95 bits per heavy atom. The van der Waals surface area contributed by atoms with Crippen LogP contribution >= 0.6 is 27.3 Å². The number of nitrogens with zero attached hydrogens (tertiary/aromatic N) is 1. The van der Waals surface area contributed by atoms with Crippen LogP contribution in [0.5, 0.6) is 5.75 Å². The highest BCUT2D eigenvalue weighted by Gasteiger charge is 2.09. The van der Waals surface area contributed by atoms with Crippen LogP contribution in [0.25, 0.3) is 0 Å². The molecule has 0 spiro atoms. The Hall–Kier alpha value is -1.53. The van der Waals surface area contributed by atoms with Crippen molar-refractivity contribution in [1.82, 2.24) is 0 Å². The number of hydrogen-bond acceptors (Lipinski definition) is 4. The maximum absolute atomic E-state index is 8.77. The SMILES string of the molecule is N/C(=N/O)c1cc(Br)ccc1OCCc1ccsc1. The normalized spacial score (nSPS) is 11.5. The average Bonchev–Trinajstić information content (AvgIpc) is 2.92. The lowest BCUT2D eigenvalue weighted by molar-refractivity contribution is 0.313. The molecule has 0 radical (unpaired) electrons. The van der Waals surface area contributed by atoms with E-state index in [1.165, 1.54) is 5.56 Å². The van der Waals surface area contributed by atoms with E-state index in [-0.39, 0.29) is 5.84 Å². The molecule has 0 unspecified atom stereocenters. The second-order valence-corrected chi connectivity index (χ2v) is 5.55. The molecule has 1 aromatic heterocycles. The number of rotatable bonds is 5. The number of hydrogen-bond donors (Lipinski definition) is 2. The summed E-state index contributed by atoms with van der Waals surface area (Å²) in [6, 6.07) is 7.48. The zero-order chi connectivity index (χ0) is 13.7. The van der Waals surface area contributed by atoms with E-state index in [0.29, 0.717) is 17.9 Å². The lowest BCUT2D eigenvalue weighted by Gasteiger charge is -2.10. The van der Waals surface area contributed by atoms with Gasteiger partial charge in [-0.05, 0) is 40.6 Å². The lowest BCUT2D eigenvalue weighted by Crippen LogP contribution is -2.15. The molecule has 6 heteroatoms. The van der Waals surface area contributed by atoms with Crippen molar-refractivity contribution in [2.75, 3.05) is 6.61 Å². The molecule has 4 nitrogen and oxygen atoms in total. The number of oxime groups is 1. The standard InChI is InChI=1S/C13H13BrN2O2S/c14-10-1-2-12(11(7-10)13(15)16-17)18-5-3-9-4-6-19-8-9/h1-2,4,6-8,17H,3,5H2,(H2,15,16). The first-order valence-corrected chi connectivity index (χ1v) is 7.35. The monoisotopic (exact) mass is 340 g/mol. The second kappa shape index (κ2) is 6.58. The quantitative estimate of drug-likeness (QED) is 0.380. The van der Waals surface area contributed by atoms with E-state index in [2.05, 4.69) is 32.5 Å². The summed E-state index contributed by atoms with van der Waals surface area (Å²) in [5.74, 6) is 0.639. The lowest BCUT2D eigenvalue weighted by atomic mass is 10.2. The second-order valence-electron chi connectivity index (χ2n) is 3.86. The molecule has 2 rings (SSSR count). The third kappa shape index (κ3) is 3.71. The van der Waals surface area contributed by atoms with Gasteiger partial charge in [-0.3, -0.25) is 0 Å². The van der Waals surface area contributed by atoms with Gasteiger partial charge in [0, 0.05) is 10.9 Å². The summed E-state index contributed by atoms with van der Waals surface area (Å²) in [5, 5.41) is 15.9. The van der Waals surface area contributed by atoms with E-state index in [1.807, 2.05) is 11.4 Å². The Morgan fingerprint density at radius 1 is 1.42 bits per heavy atom. The first-order valence-electron chi connectivity index (χ1n) is 5.62. The van der Waals surface area contributed by atoms with Crippen LogP contribution in [-0.4, -0.2) is 17.6 Å². The van der Waals surface area contributed by atoms with Crippen molar-refractivity contribution in [2.24, 2.45) is 10.9 Å². The minimum atomic E-state index is 0.0341. The van der Waals surface area contributed by atoms with Crippen molar-refractivity contribution < 1.29 is 9.94 Å². The summed E-state index contributed by atoms with van der Waals surface area (Å²) >= 11 is 5.01. The molecule has 0 aliphatic carbocycles. The number of ether oxygens (including phenoxy) is 1. The number of nitrogens with two attached hydrogens (primary N) is 1. The summed E-state index contributed by atoms with van der Waals surface area (Å²) in [5.41, 5.74) is 7.45. The molecule has 0 bridgehead atoms. The van der Waals surface area contributed by atoms with Crippen LogP contribution in [0.15, 0.2) is 44.7 Å². The topological polar surface area (TPSA) is 67.8 Å². The van der Waals surface area contributed by atoms with Gasteiger partial charge >= 0.3 is 0 Å². The molecule has 19 heavy (non-hydrogen) atoms. The number of benzene rings is 1. The first-order chi connectivity index (χ1) is 9.20. The molecule has 2 aromatic rings. The summed E-state index contributed by atoms with van der Waals surface area (Å²) in [6.07, 6.45) is 0.829. The Balaban J connectivity index is 2.07. The van der Waals surface area contributed by atoms with Gasteiger partial charge < -0.3 is 15.7 Å². The van der Waals surface area contributed by atoms with Crippen LogP contribution in [0, 0.1) is 0 Å². The number of amidine groups is 1. The third-order valence-electron chi connectivity index (χ3n) is 2.55. The smallest absolute Gasteiger partial charge is 0.173 e. The van der Waals surface area contributed by atoms with Crippen LogP contribution < -0.4 is 10.5 Å². The number of thiophene rings is 1.